The van der Waals surface area contributed by atoms with Crippen LogP contribution in [-0.4, -0.2) is 40.8 Å². The maximum Gasteiger partial charge on any atom is 0.237 e. The summed E-state index contributed by atoms with van der Waals surface area (Å²) in [6, 6.07) is 4.89. The predicted octanol–water partition coefficient (Wildman–Crippen LogP) is 1.19. The first-order valence-corrected chi connectivity index (χ1v) is 7.24. The van der Waals surface area contributed by atoms with Crippen LogP contribution in [0.2, 0.25) is 0 Å². The first-order valence-electron chi connectivity index (χ1n) is 5.85. The first-order chi connectivity index (χ1) is 9.06. The third-order valence-corrected chi connectivity index (χ3v) is 4.89. The molecule has 3 rings (SSSR count). The number of nitrogens with two attached hydrogens (primary N) is 1. The minimum atomic E-state index is -0.408. The van der Waals surface area contributed by atoms with Crippen LogP contribution in [0.5, 0.6) is 0 Å². The average molecular weight is 297 g/mol. The Morgan fingerprint density at radius 3 is 3.11 bits per heavy atom. The van der Waals surface area contributed by atoms with Crippen molar-refractivity contribution in [3.63, 3.8) is 0 Å². The van der Waals surface area contributed by atoms with Crippen LogP contribution < -0.4 is 10.6 Å². The Labute approximate surface area is 119 Å². The second-order valence-corrected chi connectivity index (χ2v) is 6.00. The number of benzene rings is 1. The zero-order chi connectivity index (χ0) is 13.6. The zero-order valence-corrected chi connectivity index (χ0v) is 11.6. The van der Waals surface area contributed by atoms with Crippen molar-refractivity contribution in [1.82, 2.24) is 4.90 Å². The number of fused-ring (bicyclic) bond motifs is 3. The van der Waals surface area contributed by atoms with E-state index in [1.54, 1.807) is 22.7 Å². The van der Waals surface area contributed by atoms with Crippen molar-refractivity contribution in [2.45, 2.75) is 10.9 Å². The average Bonchev–Trinajstić information content (AvgIpc) is 2.66. The highest BCUT2D eigenvalue weighted by Crippen LogP contribution is 2.40. The highest BCUT2D eigenvalue weighted by atomic mass is 32.2. The predicted molar refractivity (Wildman–Crippen MR) is 76.8 cm³/mol. The molecule has 2 heterocycles. The number of hydrogen-bond donors (Lipinski definition) is 1. The number of primary amides is 1. The van der Waals surface area contributed by atoms with Gasteiger partial charge in [-0.3, -0.25) is 4.79 Å². The van der Waals surface area contributed by atoms with Crippen LogP contribution in [0.3, 0.4) is 0 Å². The molecule has 2 N–H and O–H groups in total. The molecule has 1 aromatic rings. The topological polar surface area (TPSA) is 49.6 Å². The van der Waals surface area contributed by atoms with E-state index in [-0.39, 0.29) is 18.4 Å². The zero-order valence-electron chi connectivity index (χ0n) is 10.0. The molecule has 0 bridgehead atoms. The molecule has 1 saturated heterocycles. The lowest BCUT2D eigenvalue weighted by atomic mass is 10.2. The van der Waals surface area contributed by atoms with Gasteiger partial charge in [0.15, 0.2) is 5.11 Å². The van der Waals surface area contributed by atoms with Gasteiger partial charge in [-0.05, 0) is 30.4 Å². The number of amides is 1. The van der Waals surface area contributed by atoms with Crippen molar-refractivity contribution in [1.29, 1.82) is 0 Å². The largest absolute Gasteiger partial charge is 0.368 e. The molecule has 2 aliphatic rings. The summed E-state index contributed by atoms with van der Waals surface area (Å²) in [6.45, 7) is 0.770. The third-order valence-electron chi connectivity index (χ3n) is 3.23. The van der Waals surface area contributed by atoms with Crippen molar-refractivity contribution in [2.24, 2.45) is 5.73 Å². The van der Waals surface area contributed by atoms with Crippen molar-refractivity contribution >= 4 is 40.7 Å². The summed E-state index contributed by atoms with van der Waals surface area (Å²) >= 11 is 7.07. The molecule has 100 valence electrons. The van der Waals surface area contributed by atoms with Gasteiger partial charge >= 0.3 is 0 Å². The Kier molecular flexibility index (Phi) is 3.10. The van der Waals surface area contributed by atoms with Crippen LogP contribution in [0.4, 0.5) is 10.1 Å². The SMILES string of the molecule is NC(=O)CN1CC2CSc3ccc(F)cc3N2C1=S. The standard InChI is InChI=1S/C12H12FN3OS2/c13-7-1-2-10-9(3-7)16-8(6-19-10)4-15(12(16)18)5-11(14)17/h1-3,8H,4-6H2,(H2,14,17). The van der Waals surface area contributed by atoms with Crippen molar-refractivity contribution in [2.75, 3.05) is 23.7 Å². The molecule has 1 unspecified atom stereocenters. The number of anilines is 1. The minimum absolute atomic E-state index is 0.112. The van der Waals surface area contributed by atoms with Gasteiger partial charge in [0.1, 0.15) is 5.82 Å². The molecule has 0 aromatic heterocycles. The highest BCUT2D eigenvalue weighted by molar-refractivity contribution is 7.99. The fourth-order valence-corrected chi connectivity index (χ4v) is 3.94. The van der Waals surface area contributed by atoms with Gasteiger partial charge in [0, 0.05) is 17.2 Å². The number of halogens is 1. The van der Waals surface area contributed by atoms with Crippen LogP contribution >= 0.6 is 24.0 Å². The Balaban J connectivity index is 1.95. The molecule has 19 heavy (non-hydrogen) atoms. The van der Waals surface area contributed by atoms with E-state index in [0.29, 0.717) is 11.7 Å². The number of rotatable bonds is 2. The van der Waals surface area contributed by atoms with Crippen LogP contribution in [0.25, 0.3) is 0 Å². The quantitative estimate of drug-likeness (QED) is 0.831. The van der Waals surface area contributed by atoms with Gasteiger partial charge in [-0.25, -0.2) is 4.39 Å². The van der Waals surface area contributed by atoms with Crippen molar-refractivity contribution < 1.29 is 9.18 Å². The number of hydrogen-bond acceptors (Lipinski definition) is 3. The van der Waals surface area contributed by atoms with Gasteiger partial charge < -0.3 is 15.5 Å². The molecule has 7 heteroatoms. The van der Waals surface area contributed by atoms with E-state index < -0.39 is 5.91 Å². The van der Waals surface area contributed by atoms with E-state index in [1.165, 1.54) is 12.1 Å². The number of nitrogens with zero attached hydrogens (tertiary/aromatic N) is 2. The molecule has 0 spiro atoms. The molecule has 1 amide bonds. The summed E-state index contributed by atoms with van der Waals surface area (Å²) in [5.41, 5.74) is 6.01. The fourth-order valence-electron chi connectivity index (χ4n) is 2.46. The van der Waals surface area contributed by atoms with Crippen LogP contribution in [-0.2, 0) is 4.79 Å². The van der Waals surface area contributed by atoms with E-state index in [1.807, 2.05) is 4.90 Å². The molecule has 4 nitrogen and oxygen atoms in total. The smallest absolute Gasteiger partial charge is 0.237 e. The van der Waals surface area contributed by atoms with Gasteiger partial charge in [0.25, 0.3) is 0 Å². The normalized spacial score (nSPS) is 21.3. The van der Waals surface area contributed by atoms with E-state index >= 15 is 0 Å². The molecule has 2 aliphatic heterocycles. The summed E-state index contributed by atoms with van der Waals surface area (Å²) in [7, 11) is 0. The summed E-state index contributed by atoms with van der Waals surface area (Å²) in [5, 5.41) is 0.552. The van der Waals surface area contributed by atoms with Gasteiger partial charge in [-0.1, -0.05) is 0 Å². The van der Waals surface area contributed by atoms with Gasteiger partial charge in [-0.2, -0.15) is 0 Å². The summed E-state index contributed by atoms with van der Waals surface area (Å²) in [4.78, 5) is 15.8. The third kappa shape index (κ3) is 2.17. The van der Waals surface area contributed by atoms with E-state index in [9.17, 15) is 9.18 Å². The van der Waals surface area contributed by atoms with E-state index in [4.69, 9.17) is 18.0 Å². The Hall–Kier alpha value is -1.34. The van der Waals surface area contributed by atoms with Crippen LogP contribution in [0, 0.1) is 5.82 Å². The summed E-state index contributed by atoms with van der Waals surface area (Å²) in [5.74, 6) is 0.180. The van der Waals surface area contributed by atoms with Crippen molar-refractivity contribution in [3.8, 4) is 0 Å². The lowest BCUT2D eigenvalue weighted by Gasteiger charge is -2.31. The number of carbonyl (C=O) groups is 1. The van der Waals surface area contributed by atoms with Crippen molar-refractivity contribution in [3.05, 3.63) is 24.0 Å². The molecule has 1 atom stereocenters. The number of thioether (sulfide) groups is 1. The van der Waals surface area contributed by atoms with Gasteiger partial charge in [-0.15, -0.1) is 11.8 Å². The lowest BCUT2D eigenvalue weighted by molar-refractivity contribution is -0.118. The molecular weight excluding hydrogens is 285 g/mol. The molecule has 0 radical (unpaired) electrons. The summed E-state index contributed by atoms with van der Waals surface area (Å²) in [6.07, 6.45) is 0. The number of carbonyl (C=O) groups excluding carboxylic acids is 1. The molecule has 1 aromatic carbocycles. The molecule has 0 aliphatic carbocycles. The van der Waals surface area contributed by atoms with E-state index in [2.05, 4.69) is 0 Å². The Morgan fingerprint density at radius 1 is 1.58 bits per heavy atom. The van der Waals surface area contributed by atoms with Crippen LogP contribution in [0.1, 0.15) is 0 Å². The molecule has 1 fully saturated rings. The lowest BCUT2D eigenvalue weighted by Crippen LogP contribution is -2.39. The summed E-state index contributed by atoms with van der Waals surface area (Å²) < 4.78 is 13.4. The van der Waals surface area contributed by atoms with Gasteiger partial charge in [0.05, 0.1) is 18.3 Å². The molecule has 0 saturated carbocycles. The monoisotopic (exact) mass is 297 g/mol. The Bertz CT molecular complexity index is 566. The second-order valence-electron chi connectivity index (χ2n) is 4.58. The van der Waals surface area contributed by atoms with Gasteiger partial charge in [0.2, 0.25) is 5.91 Å². The first kappa shape index (κ1) is 12.7. The Morgan fingerprint density at radius 2 is 2.37 bits per heavy atom. The highest BCUT2D eigenvalue weighted by Gasteiger charge is 2.39. The molecular formula is C12H12FN3OS2. The van der Waals surface area contributed by atoms with Crippen LogP contribution in [0.15, 0.2) is 23.1 Å². The number of thiocarbonyl (C=S) groups is 1. The van der Waals surface area contributed by atoms with E-state index in [0.717, 1.165) is 16.3 Å². The minimum Gasteiger partial charge on any atom is -0.368 e. The maximum atomic E-state index is 13.4. The second kappa shape index (κ2) is 4.64. The maximum absolute atomic E-state index is 13.4. The fraction of sp³-hybridized carbons (Fsp3) is 0.333.